The Morgan fingerprint density at radius 3 is 2.62 bits per heavy atom. The summed E-state index contributed by atoms with van der Waals surface area (Å²) in [6, 6.07) is 12.6. The van der Waals surface area contributed by atoms with Gasteiger partial charge in [0, 0.05) is 12.1 Å². The summed E-state index contributed by atoms with van der Waals surface area (Å²) in [5.41, 5.74) is 5.62. The number of benzene rings is 2. The Morgan fingerprint density at radius 2 is 1.88 bits per heavy atom. The van der Waals surface area contributed by atoms with Crippen LogP contribution >= 0.6 is 0 Å². The first-order valence-electron chi connectivity index (χ1n) is 9.16. The van der Waals surface area contributed by atoms with Gasteiger partial charge >= 0.3 is 6.09 Å². The highest BCUT2D eigenvalue weighted by atomic mass is 16.6. The lowest BCUT2D eigenvalue weighted by molar-refractivity contribution is 0.0140. The van der Waals surface area contributed by atoms with E-state index in [1.54, 1.807) is 7.11 Å². The quantitative estimate of drug-likeness (QED) is 0.744. The maximum atomic E-state index is 12.9. The third kappa shape index (κ3) is 2.74. The van der Waals surface area contributed by atoms with E-state index in [0.717, 1.165) is 24.2 Å². The van der Waals surface area contributed by atoms with Gasteiger partial charge in [-0.1, -0.05) is 30.3 Å². The van der Waals surface area contributed by atoms with Crippen LogP contribution in [0.5, 0.6) is 5.75 Å². The molecule has 0 fully saturated rings. The van der Waals surface area contributed by atoms with Crippen LogP contribution in [0.2, 0.25) is 0 Å². The number of ether oxygens (including phenoxy) is 2. The van der Waals surface area contributed by atoms with Gasteiger partial charge in [0.2, 0.25) is 0 Å². The molecule has 136 valence electrons. The Hall–Kier alpha value is -2.49. The van der Waals surface area contributed by atoms with Crippen LogP contribution in [0.15, 0.2) is 36.4 Å². The Balaban J connectivity index is 1.85. The normalized spacial score (nSPS) is 18.0. The van der Waals surface area contributed by atoms with Crippen molar-refractivity contribution in [2.75, 3.05) is 13.7 Å². The minimum atomic E-state index is -0.499. The first kappa shape index (κ1) is 17.0. The Labute approximate surface area is 154 Å². The highest BCUT2D eigenvalue weighted by Gasteiger charge is 2.39. The molecule has 1 aliphatic carbocycles. The minimum absolute atomic E-state index is 0.00593. The number of nitrogens with zero attached hydrogens (tertiary/aromatic N) is 1. The molecule has 4 rings (SSSR count). The van der Waals surface area contributed by atoms with Gasteiger partial charge in [0.1, 0.15) is 11.4 Å². The molecule has 2 aromatic carbocycles. The fourth-order valence-electron chi connectivity index (χ4n) is 4.14. The monoisotopic (exact) mass is 351 g/mol. The lowest BCUT2D eigenvalue weighted by Crippen LogP contribution is -2.44. The molecular weight excluding hydrogens is 326 g/mol. The lowest BCUT2D eigenvalue weighted by Gasteiger charge is -2.42. The highest BCUT2D eigenvalue weighted by molar-refractivity contribution is 5.82. The second-order valence-electron chi connectivity index (χ2n) is 8.02. The second kappa shape index (κ2) is 6.04. The molecule has 2 aliphatic rings. The average molecular weight is 351 g/mol. The SMILES string of the molecule is COc1ccc2c3c1-c1ccccc1CC3N(C(=O)OC(C)(C)C)CC2. The van der Waals surface area contributed by atoms with Crippen LogP contribution in [0.25, 0.3) is 11.1 Å². The number of hydrogen-bond donors (Lipinski definition) is 0. The van der Waals surface area contributed by atoms with Gasteiger partial charge in [-0.05, 0) is 61.9 Å². The van der Waals surface area contributed by atoms with Gasteiger partial charge in [0.25, 0.3) is 0 Å². The molecule has 1 unspecified atom stereocenters. The van der Waals surface area contributed by atoms with E-state index in [0.29, 0.717) is 6.54 Å². The van der Waals surface area contributed by atoms with Crippen molar-refractivity contribution in [3.63, 3.8) is 0 Å². The van der Waals surface area contributed by atoms with Crippen molar-refractivity contribution >= 4 is 6.09 Å². The molecule has 4 heteroatoms. The molecule has 1 atom stereocenters. The maximum Gasteiger partial charge on any atom is 0.410 e. The van der Waals surface area contributed by atoms with Gasteiger partial charge in [-0.15, -0.1) is 0 Å². The first-order valence-corrected chi connectivity index (χ1v) is 9.16. The number of fused-ring (bicyclic) bond motifs is 2. The molecule has 4 nitrogen and oxygen atoms in total. The molecule has 0 radical (unpaired) electrons. The number of methoxy groups -OCH3 is 1. The molecule has 0 aromatic heterocycles. The number of carbonyl (C=O) groups excluding carboxylic acids is 1. The molecule has 1 aliphatic heterocycles. The highest BCUT2D eigenvalue weighted by Crippen LogP contribution is 2.49. The largest absolute Gasteiger partial charge is 0.496 e. The molecule has 2 aromatic rings. The van der Waals surface area contributed by atoms with Crippen LogP contribution in [0.3, 0.4) is 0 Å². The first-order chi connectivity index (χ1) is 12.4. The summed E-state index contributed by atoms with van der Waals surface area (Å²) in [4.78, 5) is 14.8. The topological polar surface area (TPSA) is 38.8 Å². The van der Waals surface area contributed by atoms with Gasteiger partial charge in [-0.25, -0.2) is 4.79 Å². The molecule has 1 heterocycles. The van der Waals surface area contributed by atoms with E-state index in [9.17, 15) is 4.79 Å². The molecule has 0 saturated heterocycles. The van der Waals surface area contributed by atoms with Crippen LogP contribution in [0, 0.1) is 0 Å². The maximum absolute atomic E-state index is 12.9. The predicted octanol–water partition coefficient (Wildman–Crippen LogP) is 4.75. The van der Waals surface area contributed by atoms with Crippen LogP contribution in [-0.2, 0) is 17.6 Å². The lowest BCUT2D eigenvalue weighted by atomic mass is 9.77. The van der Waals surface area contributed by atoms with Gasteiger partial charge in [0.15, 0.2) is 0 Å². The summed E-state index contributed by atoms with van der Waals surface area (Å²) in [5, 5.41) is 0. The van der Waals surface area contributed by atoms with E-state index in [-0.39, 0.29) is 12.1 Å². The summed E-state index contributed by atoms with van der Waals surface area (Å²) in [6.07, 6.45) is 1.41. The average Bonchev–Trinajstić information content (AvgIpc) is 2.60. The van der Waals surface area contributed by atoms with Gasteiger partial charge in [-0.2, -0.15) is 0 Å². The predicted molar refractivity (Wildman–Crippen MR) is 102 cm³/mol. The van der Waals surface area contributed by atoms with Crippen molar-refractivity contribution in [2.45, 2.75) is 45.3 Å². The van der Waals surface area contributed by atoms with Crippen molar-refractivity contribution in [3.05, 3.63) is 53.1 Å². The molecule has 0 spiro atoms. The van der Waals surface area contributed by atoms with E-state index in [1.807, 2.05) is 25.7 Å². The zero-order chi connectivity index (χ0) is 18.5. The van der Waals surface area contributed by atoms with E-state index in [4.69, 9.17) is 9.47 Å². The van der Waals surface area contributed by atoms with Gasteiger partial charge < -0.3 is 14.4 Å². The fraction of sp³-hybridized carbons (Fsp3) is 0.409. The van der Waals surface area contributed by atoms with Crippen LogP contribution in [0.1, 0.15) is 43.5 Å². The molecule has 0 N–H and O–H groups in total. The molecule has 0 saturated carbocycles. The zero-order valence-electron chi connectivity index (χ0n) is 15.8. The number of rotatable bonds is 1. The van der Waals surface area contributed by atoms with Crippen molar-refractivity contribution in [1.29, 1.82) is 0 Å². The second-order valence-corrected chi connectivity index (χ2v) is 8.02. The summed E-state index contributed by atoms with van der Waals surface area (Å²) in [5.74, 6) is 0.868. The smallest absolute Gasteiger partial charge is 0.410 e. The van der Waals surface area contributed by atoms with Crippen LogP contribution in [-0.4, -0.2) is 30.2 Å². The molecular formula is C22H25NO3. The van der Waals surface area contributed by atoms with Gasteiger partial charge in [-0.3, -0.25) is 0 Å². The third-order valence-electron chi connectivity index (χ3n) is 5.18. The molecule has 26 heavy (non-hydrogen) atoms. The summed E-state index contributed by atoms with van der Waals surface area (Å²) >= 11 is 0. The van der Waals surface area contributed by atoms with E-state index >= 15 is 0 Å². The Bertz CT molecular complexity index is 866. The fourth-order valence-corrected chi connectivity index (χ4v) is 4.14. The molecule has 0 bridgehead atoms. The number of amides is 1. The molecule has 1 amide bonds. The van der Waals surface area contributed by atoms with E-state index in [2.05, 4.69) is 36.4 Å². The van der Waals surface area contributed by atoms with Crippen molar-refractivity contribution in [2.24, 2.45) is 0 Å². The van der Waals surface area contributed by atoms with Crippen molar-refractivity contribution < 1.29 is 14.3 Å². The van der Waals surface area contributed by atoms with E-state index < -0.39 is 5.60 Å². The van der Waals surface area contributed by atoms with Crippen molar-refractivity contribution in [3.8, 4) is 16.9 Å². The summed E-state index contributed by atoms with van der Waals surface area (Å²) in [7, 11) is 1.71. The zero-order valence-corrected chi connectivity index (χ0v) is 15.8. The number of hydrogen-bond acceptors (Lipinski definition) is 3. The van der Waals surface area contributed by atoms with Crippen LogP contribution < -0.4 is 4.74 Å². The van der Waals surface area contributed by atoms with Gasteiger partial charge in [0.05, 0.1) is 13.2 Å². The minimum Gasteiger partial charge on any atom is -0.496 e. The van der Waals surface area contributed by atoms with E-state index in [1.165, 1.54) is 22.3 Å². The van der Waals surface area contributed by atoms with Crippen molar-refractivity contribution in [1.82, 2.24) is 4.90 Å². The Kier molecular flexibility index (Phi) is 3.94. The number of carbonyl (C=O) groups is 1. The summed E-state index contributed by atoms with van der Waals surface area (Å²) in [6.45, 7) is 6.41. The van der Waals surface area contributed by atoms with Crippen LogP contribution in [0.4, 0.5) is 4.79 Å². The standard InChI is InChI=1S/C22H25NO3/c1-22(2,3)26-21(24)23-12-11-14-9-10-18(25-4)20-16-8-6-5-7-15(16)13-17(23)19(14)20/h5-10,17H,11-13H2,1-4H3. The summed E-state index contributed by atoms with van der Waals surface area (Å²) < 4.78 is 11.4. The third-order valence-corrected chi connectivity index (χ3v) is 5.18. The Morgan fingerprint density at radius 1 is 1.12 bits per heavy atom.